The van der Waals surface area contributed by atoms with Gasteiger partial charge in [0.2, 0.25) is 0 Å². The van der Waals surface area contributed by atoms with Crippen molar-refractivity contribution in [3.05, 3.63) is 22.7 Å². The number of carbonyl (C=O) groups is 1. The summed E-state index contributed by atoms with van der Waals surface area (Å²) in [5, 5.41) is 0. The van der Waals surface area contributed by atoms with Crippen molar-refractivity contribution < 1.29 is 19.0 Å². The number of hydrogen-bond acceptors (Lipinski definition) is 7. The molecule has 0 bridgehead atoms. The molecule has 0 spiro atoms. The van der Waals surface area contributed by atoms with Gasteiger partial charge in [0.1, 0.15) is 12.4 Å². The summed E-state index contributed by atoms with van der Waals surface area (Å²) >= 11 is 0. The number of aromatic nitrogens is 2. The van der Waals surface area contributed by atoms with E-state index in [9.17, 15) is 9.59 Å². The van der Waals surface area contributed by atoms with Crippen LogP contribution in [0.4, 0.5) is 5.82 Å². The zero-order valence-corrected chi connectivity index (χ0v) is 9.74. The lowest BCUT2D eigenvalue weighted by molar-refractivity contribution is -0.156. The first kappa shape index (κ1) is 12.5. The highest BCUT2D eigenvalue weighted by Gasteiger charge is 2.28. The van der Waals surface area contributed by atoms with Gasteiger partial charge in [-0.25, -0.2) is 4.79 Å². The molecular weight excluding hydrogens is 242 g/mol. The van der Waals surface area contributed by atoms with Crippen LogP contribution in [0.25, 0.3) is 0 Å². The highest BCUT2D eigenvalue weighted by molar-refractivity contribution is 5.65. The first-order valence-electron chi connectivity index (χ1n) is 5.31. The molecular formula is C10H13N3O5. The molecule has 0 saturated carbocycles. The van der Waals surface area contributed by atoms with Gasteiger partial charge in [-0.05, 0) is 6.07 Å². The van der Waals surface area contributed by atoms with Crippen LogP contribution in [0.1, 0.15) is 13.2 Å². The third kappa shape index (κ3) is 2.84. The Morgan fingerprint density at radius 2 is 2.50 bits per heavy atom. The molecule has 18 heavy (non-hydrogen) atoms. The van der Waals surface area contributed by atoms with Gasteiger partial charge in [-0.3, -0.25) is 9.36 Å². The van der Waals surface area contributed by atoms with Crippen molar-refractivity contribution in [2.24, 2.45) is 0 Å². The number of ether oxygens (including phenoxy) is 3. The van der Waals surface area contributed by atoms with E-state index in [1.807, 2.05) is 0 Å². The lowest BCUT2D eigenvalue weighted by atomic mass is 10.5. The molecule has 1 fully saturated rings. The van der Waals surface area contributed by atoms with Crippen LogP contribution in [0.15, 0.2) is 17.1 Å². The van der Waals surface area contributed by atoms with Crippen molar-refractivity contribution >= 4 is 11.8 Å². The van der Waals surface area contributed by atoms with E-state index in [-0.39, 0.29) is 19.0 Å². The van der Waals surface area contributed by atoms with Crippen LogP contribution in [0.5, 0.6) is 0 Å². The summed E-state index contributed by atoms with van der Waals surface area (Å²) in [7, 11) is 0. The van der Waals surface area contributed by atoms with Crippen molar-refractivity contribution in [1.29, 1.82) is 0 Å². The highest BCUT2D eigenvalue weighted by Crippen LogP contribution is 2.19. The Labute approximate surface area is 102 Å². The normalized spacial score (nSPS) is 22.9. The number of nitrogens with zero attached hydrogens (tertiary/aromatic N) is 2. The molecule has 0 radical (unpaired) electrons. The summed E-state index contributed by atoms with van der Waals surface area (Å²) in [5.41, 5.74) is 4.86. The average molecular weight is 255 g/mol. The van der Waals surface area contributed by atoms with Gasteiger partial charge >= 0.3 is 11.7 Å². The van der Waals surface area contributed by atoms with Crippen molar-refractivity contribution in [3.63, 3.8) is 0 Å². The zero-order valence-electron chi connectivity index (χ0n) is 9.74. The van der Waals surface area contributed by atoms with Gasteiger partial charge < -0.3 is 19.9 Å². The maximum absolute atomic E-state index is 11.6. The maximum atomic E-state index is 11.6. The molecule has 0 amide bonds. The SMILES string of the molecule is CC(=O)OCC1OCC(n2ccc(N)nc2=O)O1. The van der Waals surface area contributed by atoms with E-state index >= 15 is 0 Å². The van der Waals surface area contributed by atoms with E-state index in [1.54, 1.807) is 0 Å². The van der Waals surface area contributed by atoms with Crippen LogP contribution >= 0.6 is 0 Å². The third-order valence-corrected chi connectivity index (χ3v) is 2.32. The Morgan fingerprint density at radius 3 is 3.17 bits per heavy atom. The van der Waals surface area contributed by atoms with Crippen LogP contribution < -0.4 is 11.4 Å². The van der Waals surface area contributed by atoms with Gasteiger partial charge in [0.25, 0.3) is 0 Å². The average Bonchev–Trinajstić information content (AvgIpc) is 2.75. The first-order valence-corrected chi connectivity index (χ1v) is 5.31. The second-order valence-corrected chi connectivity index (χ2v) is 3.70. The number of esters is 1. The maximum Gasteiger partial charge on any atom is 0.351 e. The summed E-state index contributed by atoms with van der Waals surface area (Å²) < 4.78 is 16.7. The molecule has 0 aliphatic carbocycles. The van der Waals surface area contributed by atoms with E-state index in [0.29, 0.717) is 0 Å². The number of nitrogens with two attached hydrogens (primary N) is 1. The molecule has 2 rings (SSSR count). The van der Waals surface area contributed by atoms with E-state index < -0.39 is 24.2 Å². The molecule has 1 aromatic heterocycles. The predicted molar refractivity (Wildman–Crippen MR) is 59.4 cm³/mol. The van der Waals surface area contributed by atoms with Crippen molar-refractivity contribution in [2.75, 3.05) is 18.9 Å². The summed E-state index contributed by atoms with van der Waals surface area (Å²) in [4.78, 5) is 25.8. The topological polar surface area (TPSA) is 106 Å². The van der Waals surface area contributed by atoms with E-state index in [2.05, 4.69) is 4.98 Å². The molecule has 8 heteroatoms. The Kier molecular flexibility index (Phi) is 3.58. The van der Waals surface area contributed by atoms with Gasteiger partial charge in [0.15, 0.2) is 12.5 Å². The van der Waals surface area contributed by atoms with E-state index in [1.165, 1.54) is 23.8 Å². The van der Waals surface area contributed by atoms with Crippen LogP contribution in [0.2, 0.25) is 0 Å². The van der Waals surface area contributed by atoms with Gasteiger partial charge in [-0.15, -0.1) is 0 Å². The largest absolute Gasteiger partial charge is 0.460 e. The minimum Gasteiger partial charge on any atom is -0.460 e. The molecule has 1 saturated heterocycles. The van der Waals surface area contributed by atoms with Gasteiger partial charge in [-0.1, -0.05) is 0 Å². The molecule has 2 N–H and O–H groups in total. The molecule has 1 aliphatic rings. The van der Waals surface area contributed by atoms with Crippen molar-refractivity contribution in [3.8, 4) is 0 Å². The minimum absolute atomic E-state index is 0.0109. The van der Waals surface area contributed by atoms with Gasteiger partial charge in [0, 0.05) is 13.1 Å². The number of nitrogen functional groups attached to an aromatic ring is 1. The quantitative estimate of drug-likeness (QED) is 0.709. The Balaban J connectivity index is 2.00. The molecule has 2 unspecified atom stereocenters. The number of hydrogen-bond donors (Lipinski definition) is 1. The number of rotatable bonds is 3. The molecule has 98 valence electrons. The lowest BCUT2D eigenvalue weighted by Gasteiger charge is -2.12. The smallest absolute Gasteiger partial charge is 0.351 e. The van der Waals surface area contributed by atoms with E-state index in [0.717, 1.165) is 0 Å². The second-order valence-electron chi connectivity index (χ2n) is 3.70. The van der Waals surface area contributed by atoms with Crippen LogP contribution in [-0.4, -0.2) is 35.0 Å². The molecule has 1 aromatic rings. The predicted octanol–water partition coefficient (Wildman–Crippen LogP) is -0.740. The van der Waals surface area contributed by atoms with Crippen LogP contribution in [0.3, 0.4) is 0 Å². The Hall–Kier alpha value is -1.93. The standard InChI is InChI=1S/C10H13N3O5/c1-6(14)16-5-9-17-4-8(18-9)13-3-2-7(11)12-10(13)15/h2-3,8-9H,4-5H2,1H3,(H2,11,12,15). The summed E-state index contributed by atoms with van der Waals surface area (Å²) in [6.45, 7) is 1.46. The van der Waals surface area contributed by atoms with Crippen molar-refractivity contribution in [2.45, 2.75) is 19.4 Å². The monoisotopic (exact) mass is 255 g/mol. The minimum atomic E-state index is -0.677. The fourth-order valence-electron chi connectivity index (χ4n) is 1.51. The highest BCUT2D eigenvalue weighted by atomic mass is 16.7. The van der Waals surface area contributed by atoms with Crippen LogP contribution in [0, 0.1) is 0 Å². The molecule has 2 heterocycles. The number of anilines is 1. The molecule has 0 aromatic carbocycles. The van der Waals surface area contributed by atoms with Crippen LogP contribution in [-0.2, 0) is 19.0 Å². The van der Waals surface area contributed by atoms with Gasteiger partial charge in [0.05, 0.1) is 6.61 Å². The molecule has 2 atom stereocenters. The summed E-state index contributed by atoms with van der Waals surface area (Å²) in [6, 6.07) is 1.49. The van der Waals surface area contributed by atoms with Crippen molar-refractivity contribution in [1.82, 2.24) is 9.55 Å². The fourth-order valence-corrected chi connectivity index (χ4v) is 1.51. The molecule has 1 aliphatic heterocycles. The molecule has 8 nitrogen and oxygen atoms in total. The van der Waals surface area contributed by atoms with E-state index in [4.69, 9.17) is 19.9 Å². The summed E-state index contributed by atoms with van der Waals surface area (Å²) in [6.07, 6.45) is 0.210. The first-order chi connectivity index (χ1) is 8.56. The van der Waals surface area contributed by atoms with Gasteiger partial charge in [-0.2, -0.15) is 4.98 Å². The third-order valence-electron chi connectivity index (χ3n) is 2.32. The second kappa shape index (κ2) is 5.15. The fraction of sp³-hybridized carbons (Fsp3) is 0.500. The Morgan fingerprint density at radius 1 is 1.72 bits per heavy atom. The lowest BCUT2D eigenvalue weighted by Crippen LogP contribution is -2.28. The Bertz CT molecular complexity index is 501. The zero-order chi connectivity index (χ0) is 13.1. The summed E-state index contributed by atoms with van der Waals surface area (Å²) in [5.74, 6) is -0.274. The number of carbonyl (C=O) groups excluding carboxylic acids is 1.